The number of rotatable bonds is 5. The first-order chi connectivity index (χ1) is 9.83. The summed E-state index contributed by atoms with van der Waals surface area (Å²) in [4.78, 5) is 11.7. The molecule has 0 unspecified atom stereocenters. The molecule has 2 rings (SSSR count). The molecule has 0 aromatic heterocycles. The third-order valence-electron chi connectivity index (χ3n) is 4.68. The van der Waals surface area contributed by atoms with Crippen LogP contribution >= 0.6 is 15.9 Å². The minimum Gasteiger partial charge on any atom is -0.494 e. The number of halogens is 1. The monoisotopic (exact) mass is 354 g/mol. The average Bonchev–Trinajstić information content (AvgIpc) is 2.43. The molecule has 0 aliphatic heterocycles. The highest BCUT2D eigenvalue weighted by atomic mass is 79.9. The van der Waals surface area contributed by atoms with Crippen LogP contribution in [0.5, 0.6) is 5.75 Å². The van der Waals surface area contributed by atoms with E-state index in [-0.39, 0.29) is 5.41 Å². The quantitative estimate of drug-likeness (QED) is 0.818. The van der Waals surface area contributed by atoms with Crippen LogP contribution in [-0.4, -0.2) is 17.7 Å². The summed E-state index contributed by atoms with van der Waals surface area (Å²) in [6, 6.07) is 7.62. The molecular weight excluding hydrogens is 332 g/mol. The van der Waals surface area contributed by atoms with Gasteiger partial charge in [0.05, 0.1) is 12.0 Å². The van der Waals surface area contributed by atoms with E-state index in [2.05, 4.69) is 29.8 Å². The number of carboxylic acid groups (broad SMARTS) is 1. The molecule has 0 saturated heterocycles. The topological polar surface area (TPSA) is 46.5 Å². The van der Waals surface area contributed by atoms with E-state index >= 15 is 0 Å². The fourth-order valence-electron chi connectivity index (χ4n) is 2.87. The second kappa shape index (κ2) is 6.39. The van der Waals surface area contributed by atoms with Gasteiger partial charge in [-0.1, -0.05) is 29.8 Å². The average molecular weight is 355 g/mol. The summed E-state index contributed by atoms with van der Waals surface area (Å²) in [7, 11) is 0. The molecule has 0 bridgehead atoms. The molecule has 1 saturated carbocycles. The van der Waals surface area contributed by atoms with Gasteiger partial charge in [0.1, 0.15) is 5.75 Å². The summed E-state index contributed by atoms with van der Waals surface area (Å²) < 4.78 is 6.71. The van der Waals surface area contributed by atoms with Crippen LogP contribution in [0.15, 0.2) is 28.7 Å². The first-order valence-electron chi connectivity index (χ1n) is 7.45. The molecule has 21 heavy (non-hydrogen) atoms. The number of ether oxygens (including phenoxy) is 1. The van der Waals surface area contributed by atoms with Crippen LogP contribution in [0.25, 0.3) is 0 Å². The summed E-state index contributed by atoms with van der Waals surface area (Å²) in [5, 5.41) is 9.63. The van der Waals surface area contributed by atoms with Crippen molar-refractivity contribution in [3.05, 3.63) is 28.7 Å². The van der Waals surface area contributed by atoms with Crippen molar-refractivity contribution < 1.29 is 14.6 Å². The van der Waals surface area contributed by atoms with Crippen LogP contribution in [0.3, 0.4) is 0 Å². The number of benzene rings is 1. The highest BCUT2D eigenvalue weighted by Crippen LogP contribution is 2.47. The first kappa shape index (κ1) is 16.3. The maximum atomic E-state index is 11.7. The Kier molecular flexibility index (Phi) is 4.97. The van der Waals surface area contributed by atoms with Gasteiger partial charge in [0.2, 0.25) is 0 Å². The van der Waals surface area contributed by atoms with Crippen molar-refractivity contribution in [1.29, 1.82) is 0 Å². The molecule has 0 amide bonds. The lowest BCUT2D eigenvalue weighted by Gasteiger charge is -2.40. The molecular formula is C17H23BrO3. The molecule has 3 nitrogen and oxygen atoms in total. The fourth-order valence-corrected chi connectivity index (χ4v) is 3.14. The lowest BCUT2D eigenvalue weighted by Crippen LogP contribution is -2.39. The third-order valence-corrected chi connectivity index (χ3v) is 5.21. The zero-order chi connectivity index (χ0) is 15.5. The van der Waals surface area contributed by atoms with Crippen molar-refractivity contribution in [2.75, 3.05) is 6.61 Å². The Morgan fingerprint density at radius 2 is 1.76 bits per heavy atom. The zero-order valence-corrected chi connectivity index (χ0v) is 14.3. The summed E-state index contributed by atoms with van der Waals surface area (Å²) in [5.41, 5.74) is -0.337. The Bertz CT molecular complexity index is 483. The van der Waals surface area contributed by atoms with E-state index in [9.17, 15) is 9.90 Å². The van der Waals surface area contributed by atoms with Crippen molar-refractivity contribution >= 4 is 21.9 Å². The number of hydrogen-bond acceptors (Lipinski definition) is 2. The molecule has 1 aromatic carbocycles. The van der Waals surface area contributed by atoms with Gasteiger partial charge in [-0.05, 0) is 61.8 Å². The van der Waals surface area contributed by atoms with Crippen molar-refractivity contribution in [2.24, 2.45) is 10.8 Å². The SMILES string of the molecule is CC1(C)CCC(CCOc2ccc(Br)cc2)(C(=O)O)CC1. The number of carboxylic acids is 1. The van der Waals surface area contributed by atoms with E-state index < -0.39 is 11.4 Å². The zero-order valence-electron chi connectivity index (χ0n) is 12.7. The highest BCUT2D eigenvalue weighted by molar-refractivity contribution is 9.10. The van der Waals surface area contributed by atoms with Crippen molar-refractivity contribution in [3.8, 4) is 5.75 Å². The molecule has 0 atom stereocenters. The van der Waals surface area contributed by atoms with Gasteiger partial charge < -0.3 is 9.84 Å². The first-order valence-corrected chi connectivity index (χ1v) is 8.24. The second-order valence-corrected chi connectivity index (χ2v) is 7.72. The van der Waals surface area contributed by atoms with Crippen molar-refractivity contribution in [1.82, 2.24) is 0 Å². The Morgan fingerprint density at radius 3 is 2.29 bits per heavy atom. The minimum atomic E-state index is -0.669. The molecule has 1 fully saturated rings. The normalized spacial score (nSPS) is 20.0. The predicted molar refractivity (Wildman–Crippen MR) is 86.6 cm³/mol. The molecule has 0 spiro atoms. The van der Waals surface area contributed by atoms with Crippen molar-refractivity contribution in [3.63, 3.8) is 0 Å². The minimum absolute atomic E-state index is 0.269. The lowest BCUT2D eigenvalue weighted by atomic mass is 9.64. The maximum absolute atomic E-state index is 11.7. The van der Waals surface area contributed by atoms with Gasteiger partial charge in [0.25, 0.3) is 0 Å². The van der Waals surface area contributed by atoms with Gasteiger partial charge in [-0.15, -0.1) is 0 Å². The van der Waals surface area contributed by atoms with Crippen LogP contribution < -0.4 is 4.74 Å². The van der Waals surface area contributed by atoms with Gasteiger partial charge in [0.15, 0.2) is 0 Å². The van der Waals surface area contributed by atoms with Gasteiger partial charge in [-0.2, -0.15) is 0 Å². The smallest absolute Gasteiger partial charge is 0.309 e. The number of carbonyl (C=O) groups is 1. The molecule has 4 heteroatoms. The van der Waals surface area contributed by atoms with Gasteiger partial charge in [0, 0.05) is 4.47 Å². The summed E-state index contributed by atoms with van der Waals surface area (Å²) in [6.45, 7) is 4.89. The Labute approximate surface area is 134 Å². The van der Waals surface area contributed by atoms with Gasteiger partial charge in [-0.25, -0.2) is 0 Å². The molecule has 0 radical (unpaired) electrons. The van der Waals surface area contributed by atoms with E-state index in [0.717, 1.165) is 35.9 Å². The van der Waals surface area contributed by atoms with Gasteiger partial charge in [-0.3, -0.25) is 4.79 Å². The van der Waals surface area contributed by atoms with Gasteiger partial charge >= 0.3 is 5.97 Å². The molecule has 1 aliphatic carbocycles. The maximum Gasteiger partial charge on any atom is 0.309 e. The Morgan fingerprint density at radius 1 is 1.19 bits per heavy atom. The third kappa shape index (κ3) is 4.22. The lowest BCUT2D eigenvalue weighted by molar-refractivity contribution is -0.153. The van der Waals surface area contributed by atoms with E-state index in [1.165, 1.54) is 0 Å². The predicted octanol–water partition coefficient (Wildman–Crippen LogP) is 4.89. The molecule has 0 heterocycles. The molecule has 116 valence electrons. The number of aliphatic carboxylic acids is 1. The summed E-state index contributed by atoms with van der Waals surface area (Å²) in [5.74, 6) is 0.118. The van der Waals surface area contributed by atoms with Crippen LogP contribution in [0, 0.1) is 10.8 Å². The Hall–Kier alpha value is -1.03. The molecule has 1 aromatic rings. The van der Waals surface area contributed by atoms with Crippen LogP contribution in [0.1, 0.15) is 46.0 Å². The largest absolute Gasteiger partial charge is 0.494 e. The second-order valence-electron chi connectivity index (χ2n) is 6.80. The highest BCUT2D eigenvalue weighted by Gasteiger charge is 2.43. The fraction of sp³-hybridized carbons (Fsp3) is 0.588. The van der Waals surface area contributed by atoms with Crippen LogP contribution in [-0.2, 0) is 4.79 Å². The van der Waals surface area contributed by atoms with Crippen LogP contribution in [0.4, 0.5) is 0 Å². The summed E-state index contributed by atoms with van der Waals surface area (Å²) in [6.07, 6.45) is 4.02. The standard InChI is InChI=1S/C17H23BrO3/c1-16(2)7-9-17(10-8-16,15(19)20)11-12-21-14-5-3-13(18)4-6-14/h3-6H,7-12H2,1-2H3,(H,19,20). The summed E-state index contributed by atoms with van der Waals surface area (Å²) >= 11 is 3.38. The Balaban J connectivity index is 1.92. The molecule has 1 N–H and O–H groups in total. The van der Waals surface area contributed by atoms with E-state index in [0.29, 0.717) is 13.0 Å². The van der Waals surface area contributed by atoms with Crippen LogP contribution in [0.2, 0.25) is 0 Å². The molecule has 1 aliphatic rings. The van der Waals surface area contributed by atoms with E-state index in [1.54, 1.807) is 0 Å². The van der Waals surface area contributed by atoms with E-state index in [1.807, 2.05) is 24.3 Å². The number of hydrogen-bond donors (Lipinski definition) is 1. The van der Waals surface area contributed by atoms with E-state index in [4.69, 9.17) is 4.74 Å². The van der Waals surface area contributed by atoms with Crippen molar-refractivity contribution in [2.45, 2.75) is 46.0 Å².